The van der Waals surface area contributed by atoms with Crippen molar-refractivity contribution < 1.29 is 9.53 Å². The molecule has 0 heterocycles. The molecule has 0 aromatic carbocycles. The Kier molecular flexibility index (Phi) is 2.68. The molecule has 0 aromatic rings. The van der Waals surface area contributed by atoms with E-state index in [2.05, 4.69) is 11.8 Å². The number of hydrogen-bond acceptors (Lipinski definition) is 2. The largest absolute Gasteiger partial charge is 0.454 e. The zero-order valence-electron chi connectivity index (χ0n) is 6.10. The van der Waals surface area contributed by atoms with Crippen LogP contribution in [0.2, 0.25) is 0 Å². The molecule has 0 fully saturated rings. The van der Waals surface area contributed by atoms with Crippen LogP contribution in [0.15, 0.2) is 0 Å². The summed E-state index contributed by atoms with van der Waals surface area (Å²) in [5.74, 6) is -0.359. The van der Waals surface area contributed by atoms with Gasteiger partial charge in [-0.25, -0.2) is 0 Å². The smallest absolute Gasteiger partial charge is 0.306 e. The first-order chi connectivity index (χ1) is 3.95. The molecule has 2 nitrogen and oxygen atoms in total. The SMILES string of the molecule is [CH]OC(=O)CC(C)(C)C. The molecular weight excluding hydrogens is 116 g/mol. The van der Waals surface area contributed by atoms with Crippen molar-refractivity contribution in [2.75, 3.05) is 0 Å². The summed E-state index contributed by atoms with van der Waals surface area (Å²) in [6, 6.07) is 0. The normalized spacial score (nSPS) is 11.1. The van der Waals surface area contributed by atoms with Gasteiger partial charge >= 0.3 is 5.97 Å². The molecule has 0 N–H and O–H groups in total. The molecule has 0 spiro atoms. The van der Waals surface area contributed by atoms with Crippen LogP contribution < -0.4 is 0 Å². The van der Waals surface area contributed by atoms with Gasteiger partial charge in [0, 0.05) is 0 Å². The summed E-state index contributed by atoms with van der Waals surface area (Å²) >= 11 is 0. The Morgan fingerprint density at radius 2 is 2.00 bits per heavy atom. The Morgan fingerprint density at radius 3 is 2.11 bits per heavy atom. The maximum absolute atomic E-state index is 10.5. The van der Waals surface area contributed by atoms with Crippen molar-refractivity contribution in [2.45, 2.75) is 27.2 Å². The van der Waals surface area contributed by atoms with E-state index in [-0.39, 0.29) is 11.4 Å². The molecular formula is C7H12O2. The lowest BCUT2D eigenvalue weighted by Gasteiger charge is -2.14. The minimum Gasteiger partial charge on any atom is -0.454 e. The van der Waals surface area contributed by atoms with Crippen molar-refractivity contribution >= 4 is 5.97 Å². The number of ether oxygens (including phenoxy) is 1. The van der Waals surface area contributed by atoms with E-state index < -0.39 is 0 Å². The fourth-order valence-corrected chi connectivity index (χ4v) is 0.475. The van der Waals surface area contributed by atoms with Crippen molar-refractivity contribution in [1.82, 2.24) is 0 Å². The third-order valence-electron chi connectivity index (χ3n) is 0.806. The highest BCUT2D eigenvalue weighted by atomic mass is 16.5. The lowest BCUT2D eigenvalue weighted by Crippen LogP contribution is -2.13. The van der Waals surface area contributed by atoms with Crippen molar-refractivity contribution in [3.05, 3.63) is 7.11 Å². The Bertz CT molecular complexity index is 100.0. The molecule has 2 heteroatoms. The summed E-state index contributed by atoms with van der Waals surface area (Å²) in [5, 5.41) is 0. The predicted octanol–water partition coefficient (Wildman–Crippen LogP) is 1.63. The maximum Gasteiger partial charge on any atom is 0.306 e. The molecule has 0 aliphatic rings. The molecule has 0 unspecified atom stereocenters. The summed E-state index contributed by atoms with van der Waals surface area (Å²) in [4.78, 5) is 10.5. The number of hydrogen-bond donors (Lipinski definition) is 0. The number of esters is 1. The average Bonchev–Trinajstić information content (AvgIpc) is 1.62. The zero-order chi connectivity index (χ0) is 7.49. The Labute approximate surface area is 56.2 Å². The monoisotopic (exact) mass is 128 g/mol. The van der Waals surface area contributed by atoms with Crippen molar-refractivity contribution in [3.8, 4) is 0 Å². The van der Waals surface area contributed by atoms with Crippen LogP contribution in [0, 0.1) is 12.5 Å². The van der Waals surface area contributed by atoms with Gasteiger partial charge in [0.05, 0.1) is 6.42 Å². The van der Waals surface area contributed by atoms with Crippen LogP contribution in [0.25, 0.3) is 0 Å². The van der Waals surface area contributed by atoms with Crippen LogP contribution in [0.5, 0.6) is 0 Å². The molecule has 0 aromatic heterocycles. The summed E-state index contributed by atoms with van der Waals surface area (Å²) in [7, 11) is 4.63. The molecule has 52 valence electrons. The zero-order valence-corrected chi connectivity index (χ0v) is 6.10. The summed E-state index contributed by atoms with van der Waals surface area (Å²) < 4.78 is 3.99. The van der Waals surface area contributed by atoms with E-state index in [1.807, 2.05) is 20.8 Å². The van der Waals surface area contributed by atoms with Gasteiger partial charge in [0.15, 0.2) is 7.11 Å². The lowest BCUT2D eigenvalue weighted by molar-refractivity contribution is -0.140. The molecule has 2 radical (unpaired) electrons. The molecule has 0 aliphatic carbocycles. The second-order valence-corrected chi connectivity index (χ2v) is 3.23. The molecule has 0 saturated heterocycles. The molecule has 0 amide bonds. The van der Waals surface area contributed by atoms with E-state index in [0.29, 0.717) is 6.42 Å². The van der Waals surface area contributed by atoms with E-state index in [9.17, 15) is 4.79 Å². The van der Waals surface area contributed by atoms with Gasteiger partial charge in [-0.1, -0.05) is 20.8 Å². The van der Waals surface area contributed by atoms with Gasteiger partial charge in [-0.05, 0) is 5.41 Å². The third-order valence-corrected chi connectivity index (χ3v) is 0.806. The molecule has 0 atom stereocenters. The first-order valence-corrected chi connectivity index (χ1v) is 2.85. The Balaban J connectivity index is 3.60. The second kappa shape index (κ2) is 2.85. The van der Waals surface area contributed by atoms with Crippen LogP contribution in [-0.4, -0.2) is 5.97 Å². The number of rotatable bonds is 1. The van der Waals surface area contributed by atoms with E-state index in [0.717, 1.165) is 0 Å². The Hall–Kier alpha value is -0.530. The maximum atomic E-state index is 10.5. The van der Waals surface area contributed by atoms with Gasteiger partial charge in [0.1, 0.15) is 0 Å². The fraction of sp³-hybridized carbons (Fsp3) is 0.714. The van der Waals surface area contributed by atoms with Gasteiger partial charge in [-0.2, -0.15) is 0 Å². The second-order valence-electron chi connectivity index (χ2n) is 3.23. The molecule has 0 rings (SSSR count). The lowest BCUT2D eigenvalue weighted by atomic mass is 9.93. The van der Waals surface area contributed by atoms with Crippen LogP contribution >= 0.6 is 0 Å². The van der Waals surface area contributed by atoms with Crippen LogP contribution in [-0.2, 0) is 9.53 Å². The minimum absolute atomic E-state index is 0.0313. The van der Waals surface area contributed by atoms with E-state index >= 15 is 0 Å². The molecule has 0 aliphatic heterocycles. The molecule has 9 heavy (non-hydrogen) atoms. The van der Waals surface area contributed by atoms with Gasteiger partial charge in [0.2, 0.25) is 0 Å². The molecule has 0 saturated carbocycles. The third kappa shape index (κ3) is 5.34. The highest BCUT2D eigenvalue weighted by Gasteiger charge is 2.15. The number of carbonyl (C=O) groups excluding carboxylic acids is 1. The predicted molar refractivity (Wildman–Crippen MR) is 34.5 cm³/mol. The van der Waals surface area contributed by atoms with Gasteiger partial charge in [-0.15, -0.1) is 0 Å². The first-order valence-electron chi connectivity index (χ1n) is 2.85. The average molecular weight is 128 g/mol. The van der Waals surface area contributed by atoms with Gasteiger partial charge in [0.25, 0.3) is 0 Å². The standard InChI is InChI=1S/C7H12O2/c1-7(2,3)5-6(8)9-4/h4H,5H2,1-3H3. The summed E-state index contributed by atoms with van der Waals surface area (Å²) in [5.41, 5.74) is -0.0313. The van der Waals surface area contributed by atoms with Crippen molar-refractivity contribution in [2.24, 2.45) is 5.41 Å². The quantitative estimate of drug-likeness (QED) is 0.502. The van der Waals surface area contributed by atoms with Crippen LogP contribution in [0.4, 0.5) is 0 Å². The topological polar surface area (TPSA) is 26.3 Å². The fourth-order valence-electron chi connectivity index (χ4n) is 0.475. The van der Waals surface area contributed by atoms with Gasteiger partial charge < -0.3 is 4.74 Å². The minimum atomic E-state index is -0.359. The summed E-state index contributed by atoms with van der Waals surface area (Å²) in [6.45, 7) is 5.84. The highest BCUT2D eigenvalue weighted by molar-refractivity contribution is 5.70. The van der Waals surface area contributed by atoms with Gasteiger partial charge in [-0.3, -0.25) is 4.79 Å². The van der Waals surface area contributed by atoms with E-state index in [1.54, 1.807) is 0 Å². The summed E-state index contributed by atoms with van der Waals surface area (Å²) in [6.07, 6.45) is 0.365. The highest BCUT2D eigenvalue weighted by Crippen LogP contribution is 2.18. The van der Waals surface area contributed by atoms with Crippen molar-refractivity contribution in [1.29, 1.82) is 0 Å². The van der Waals surface area contributed by atoms with E-state index in [4.69, 9.17) is 0 Å². The van der Waals surface area contributed by atoms with Crippen LogP contribution in [0.3, 0.4) is 0 Å². The number of carbonyl (C=O) groups is 1. The van der Waals surface area contributed by atoms with Crippen LogP contribution in [0.1, 0.15) is 27.2 Å². The van der Waals surface area contributed by atoms with Crippen molar-refractivity contribution in [3.63, 3.8) is 0 Å². The molecule has 0 bridgehead atoms. The first kappa shape index (κ1) is 8.47. The Morgan fingerprint density at radius 1 is 1.56 bits per heavy atom. The van der Waals surface area contributed by atoms with E-state index in [1.165, 1.54) is 0 Å².